The fourth-order valence-corrected chi connectivity index (χ4v) is 2.91. The zero-order valence-electron chi connectivity index (χ0n) is 11.8. The first-order valence-electron chi connectivity index (χ1n) is 6.34. The van der Waals surface area contributed by atoms with E-state index < -0.39 is 0 Å². The molecule has 0 fully saturated rings. The predicted molar refractivity (Wildman–Crippen MR) is 86.1 cm³/mol. The molecule has 0 saturated heterocycles. The number of anilines is 1. The van der Waals surface area contributed by atoms with Crippen molar-refractivity contribution in [2.24, 2.45) is 0 Å². The second-order valence-corrected chi connectivity index (χ2v) is 6.41. The third kappa shape index (κ3) is 4.11. The molecule has 0 saturated carbocycles. The van der Waals surface area contributed by atoms with Crippen molar-refractivity contribution in [3.8, 4) is 0 Å². The molecule has 2 rings (SSSR count). The van der Waals surface area contributed by atoms with Crippen molar-refractivity contribution in [3.63, 3.8) is 0 Å². The van der Waals surface area contributed by atoms with E-state index in [1.54, 1.807) is 29.6 Å². The van der Waals surface area contributed by atoms with E-state index in [0.717, 1.165) is 16.5 Å². The minimum absolute atomic E-state index is 0.508. The molecule has 6 heteroatoms. The van der Waals surface area contributed by atoms with Crippen LogP contribution < -0.4 is 5.73 Å². The number of rotatable bonds is 5. The number of nitrogens with zero attached hydrogens (tertiary/aromatic N) is 3. The molecule has 0 aliphatic heterocycles. The summed E-state index contributed by atoms with van der Waals surface area (Å²) in [5, 5.41) is 1.59. The highest BCUT2D eigenvalue weighted by atomic mass is 32.2. The van der Waals surface area contributed by atoms with Gasteiger partial charge in [-0.25, -0.2) is 9.97 Å². The first-order valence-corrected chi connectivity index (χ1v) is 8.55. The van der Waals surface area contributed by atoms with Gasteiger partial charge in [0.05, 0.1) is 5.69 Å². The van der Waals surface area contributed by atoms with Crippen molar-refractivity contribution < 1.29 is 0 Å². The molecule has 2 aromatic rings. The molecule has 0 radical (unpaired) electrons. The Hall–Kier alpha value is -1.27. The fraction of sp³-hybridized carbons (Fsp3) is 0.357. The van der Waals surface area contributed by atoms with Crippen LogP contribution in [0.5, 0.6) is 0 Å². The van der Waals surface area contributed by atoms with Crippen LogP contribution in [-0.4, -0.2) is 21.2 Å². The van der Waals surface area contributed by atoms with Crippen LogP contribution in [0.4, 0.5) is 5.82 Å². The zero-order valence-corrected chi connectivity index (χ0v) is 13.5. The monoisotopic (exact) mass is 306 g/mol. The van der Waals surface area contributed by atoms with Gasteiger partial charge in [-0.15, -0.1) is 11.8 Å². The van der Waals surface area contributed by atoms with Gasteiger partial charge in [0, 0.05) is 18.0 Å². The largest absolute Gasteiger partial charge is 0.384 e. The van der Waals surface area contributed by atoms with Crippen LogP contribution in [0.1, 0.15) is 31.0 Å². The molecule has 0 atom stereocenters. The van der Waals surface area contributed by atoms with Crippen LogP contribution in [0.25, 0.3) is 0 Å². The number of aromatic nitrogens is 3. The third-order valence-electron chi connectivity index (χ3n) is 2.77. The van der Waals surface area contributed by atoms with Crippen molar-refractivity contribution in [3.05, 3.63) is 35.7 Å². The van der Waals surface area contributed by atoms with Crippen LogP contribution in [0.2, 0.25) is 0 Å². The molecular weight excluding hydrogens is 288 g/mol. The summed E-state index contributed by atoms with van der Waals surface area (Å²) in [6, 6.07) is 5.98. The van der Waals surface area contributed by atoms with Crippen LogP contribution >= 0.6 is 23.5 Å². The maximum absolute atomic E-state index is 5.77. The summed E-state index contributed by atoms with van der Waals surface area (Å²) in [6.07, 6.45) is 3.84. The molecule has 0 aliphatic carbocycles. The van der Waals surface area contributed by atoms with Crippen LogP contribution in [-0.2, 0) is 5.75 Å². The van der Waals surface area contributed by atoms with E-state index in [-0.39, 0.29) is 0 Å². The lowest BCUT2D eigenvalue weighted by Crippen LogP contribution is -1.97. The molecule has 2 aromatic heterocycles. The lowest BCUT2D eigenvalue weighted by molar-refractivity contribution is 0.858. The second-order valence-electron chi connectivity index (χ2n) is 4.64. The number of nitrogens with two attached hydrogens (primary N) is 1. The average Bonchev–Trinajstić information content (AvgIpc) is 2.44. The summed E-state index contributed by atoms with van der Waals surface area (Å²) < 4.78 is 0. The van der Waals surface area contributed by atoms with Gasteiger partial charge in [0.15, 0.2) is 5.16 Å². The van der Waals surface area contributed by atoms with Crippen molar-refractivity contribution >= 4 is 29.3 Å². The van der Waals surface area contributed by atoms with Crippen LogP contribution in [0.15, 0.2) is 34.6 Å². The predicted octanol–water partition coefficient (Wildman–Crippen LogP) is 3.59. The van der Waals surface area contributed by atoms with Gasteiger partial charge >= 0.3 is 0 Å². The summed E-state index contributed by atoms with van der Waals surface area (Å²) in [7, 11) is 0. The molecular formula is C14H18N4S2. The van der Waals surface area contributed by atoms with Crippen LogP contribution in [0, 0.1) is 0 Å². The highest BCUT2D eigenvalue weighted by Gasteiger charge is 2.06. The Bertz CT molecular complexity index is 587. The molecule has 0 bridgehead atoms. The van der Waals surface area contributed by atoms with Gasteiger partial charge in [-0.2, -0.15) is 0 Å². The molecule has 0 aliphatic rings. The molecule has 4 nitrogen and oxygen atoms in total. The van der Waals surface area contributed by atoms with E-state index in [9.17, 15) is 0 Å². The molecule has 0 amide bonds. The van der Waals surface area contributed by atoms with Crippen molar-refractivity contribution in [1.82, 2.24) is 15.0 Å². The van der Waals surface area contributed by atoms with Gasteiger partial charge in [-0.3, -0.25) is 4.98 Å². The number of nitrogen functional groups attached to an aromatic ring is 1. The van der Waals surface area contributed by atoms with E-state index >= 15 is 0 Å². The molecule has 0 aromatic carbocycles. The summed E-state index contributed by atoms with van der Waals surface area (Å²) >= 11 is 3.12. The molecule has 0 unspecified atom stereocenters. The Morgan fingerprint density at radius 1 is 1.25 bits per heavy atom. The van der Waals surface area contributed by atoms with E-state index in [1.807, 2.05) is 12.5 Å². The van der Waals surface area contributed by atoms with Gasteiger partial charge in [-0.05, 0) is 29.9 Å². The zero-order chi connectivity index (χ0) is 14.5. The molecule has 20 heavy (non-hydrogen) atoms. The Labute approximate surface area is 128 Å². The van der Waals surface area contributed by atoms with Gasteiger partial charge in [0.25, 0.3) is 0 Å². The summed E-state index contributed by atoms with van der Waals surface area (Å²) in [5.74, 6) is 1.77. The molecule has 2 heterocycles. The molecule has 106 valence electrons. The second kappa shape index (κ2) is 6.95. The Morgan fingerprint density at radius 3 is 2.75 bits per heavy atom. The van der Waals surface area contributed by atoms with Gasteiger partial charge in [0.2, 0.25) is 0 Å². The maximum atomic E-state index is 5.77. The van der Waals surface area contributed by atoms with E-state index in [1.165, 1.54) is 5.56 Å². The lowest BCUT2D eigenvalue weighted by atomic mass is 10.0. The fourth-order valence-electron chi connectivity index (χ4n) is 1.66. The van der Waals surface area contributed by atoms with Gasteiger partial charge < -0.3 is 5.73 Å². The van der Waals surface area contributed by atoms with Crippen molar-refractivity contribution in [1.29, 1.82) is 0 Å². The normalized spacial score (nSPS) is 11.0. The number of hydrogen-bond acceptors (Lipinski definition) is 6. The SMILES string of the molecule is CSc1cc(N)nc(SCc2cc(C(C)C)ccn2)n1. The number of thioether (sulfide) groups is 2. The average molecular weight is 306 g/mol. The number of hydrogen-bond donors (Lipinski definition) is 1. The number of pyridine rings is 1. The van der Waals surface area contributed by atoms with Crippen LogP contribution in [0.3, 0.4) is 0 Å². The van der Waals surface area contributed by atoms with E-state index in [0.29, 0.717) is 16.9 Å². The van der Waals surface area contributed by atoms with E-state index in [2.05, 4.69) is 40.9 Å². The molecule has 2 N–H and O–H groups in total. The quantitative estimate of drug-likeness (QED) is 0.517. The maximum Gasteiger partial charge on any atom is 0.190 e. The molecule has 0 spiro atoms. The van der Waals surface area contributed by atoms with Gasteiger partial charge in [-0.1, -0.05) is 25.6 Å². The topological polar surface area (TPSA) is 64.7 Å². The minimum atomic E-state index is 0.508. The first-order chi connectivity index (χ1) is 9.58. The summed E-state index contributed by atoms with van der Waals surface area (Å²) in [4.78, 5) is 13.1. The Kier molecular flexibility index (Phi) is 5.25. The highest BCUT2D eigenvalue weighted by molar-refractivity contribution is 7.99. The highest BCUT2D eigenvalue weighted by Crippen LogP contribution is 2.24. The lowest BCUT2D eigenvalue weighted by Gasteiger charge is -2.07. The van der Waals surface area contributed by atoms with E-state index in [4.69, 9.17) is 5.73 Å². The third-order valence-corrected chi connectivity index (χ3v) is 4.28. The van der Waals surface area contributed by atoms with Crippen molar-refractivity contribution in [2.75, 3.05) is 12.0 Å². The van der Waals surface area contributed by atoms with Crippen molar-refractivity contribution in [2.45, 2.75) is 35.7 Å². The summed E-state index contributed by atoms with van der Waals surface area (Å²) in [5.41, 5.74) is 8.11. The Balaban J connectivity index is 2.08. The standard InChI is InChI=1S/C14H18N4S2/c1-9(2)10-4-5-16-11(6-10)8-20-14-17-12(15)7-13(18-14)19-3/h4-7,9H,8H2,1-3H3,(H2,15,17,18). The summed E-state index contributed by atoms with van der Waals surface area (Å²) in [6.45, 7) is 4.36. The first kappa shape index (κ1) is 15.1. The minimum Gasteiger partial charge on any atom is -0.384 e. The smallest absolute Gasteiger partial charge is 0.190 e. The van der Waals surface area contributed by atoms with Gasteiger partial charge in [0.1, 0.15) is 10.8 Å². The Morgan fingerprint density at radius 2 is 2.05 bits per heavy atom.